The number of nitrogens with zero attached hydrogens (tertiary/aromatic N) is 4. The Morgan fingerprint density at radius 1 is 1.03 bits per heavy atom. The predicted molar refractivity (Wildman–Crippen MR) is 156 cm³/mol. The van der Waals surface area contributed by atoms with E-state index in [9.17, 15) is 9.90 Å². The Labute approximate surface area is 234 Å². The van der Waals surface area contributed by atoms with E-state index in [2.05, 4.69) is 62.3 Å². The normalized spacial score (nSPS) is 25.9. The third-order valence-electron chi connectivity index (χ3n) is 9.49. The molecule has 0 radical (unpaired) electrons. The fraction of sp³-hybridized carbons (Fsp3) is 0.656. The van der Waals surface area contributed by atoms with Gasteiger partial charge >= 0.3 is 5.97 Å². The van der Waals surface area contributed by atoms with Crippen LogP contribution in [0.2, 0.25) is 0 Å². The van der Waals surface area contributed by atoms with Gasteiger partial charge in [-0.05, 0) is 74.3 Å². The van der Waals surface area contributed by atoms with Crippen molar-refractivity contribution in [1.82, 2.24) is 20.2 Å². The lowest BCUT2D eigenvalue weighted by Crippen LogP contribution is -2.48. The van der Waals surface area contributed by atoms with Crippen molar-refractivity contribution in [1.29, 1.82) is 0 Å². The van der Waals surface area contributed by atoms with Gasteiger partial charge in [-0.25, -0.2) is 9.97 Å². The summed E-state index contributed by atoms with van der Waals surface area (Å²) in [5, 5.41) is 13.8. The van der Waals surface area contributed by atoms with Gasteiger partial charge in [-0.15, -0.1) is 0 Å². The van der Waals surface area contributed by atoms with Gasteiger partial charge in [0.25, 0.3) is 0 Å². The maximum absolute atomic E-state index is 12.3. The van der Waals surface area contributed by atoms with Crippen molar-refractivity contribution in [2.24, 2.45) is 11.8 Å². The lowest BCUT2D eigenvalue weighted by atomic mass is 9.83. The molecule has 2 N–H and O–H groups in total. The molecule has 2 saturated carbocycles. The van der Waals surface area contributed by atoms with Gasteiger partial charge in [0, 0.05) is 50.7 Å². The van der Waals surface area contributed by atoms with Gasteiger partial charge in [0.15, 0.2) is 0 Å². The molecule has 4 atom stereocenters. The van der Waals surface area contributed by atoms with Crippen molar-refractivity contribution in [3.8, 4) is 0 Å². The number of rotatable bonds is 11. The summed E-state index contributed by atoms with van der Waals surface area (Å²) >= 11 is 0. The third-order valence-corrected chi connectivity index (χ3v) is 9.49. The number of carbonyl (C=O) groups is 1. The van der Waals surface area contributed by atoms with Crippen LogP contribution in [0.4, 0.5) is 5.95 Å². The summed E-state index contributed by atoms with van der Waals surface area (Å²) in [4.78, 5) is 26.5. The highest BCUT2D eigenvalue weighted by atomic mass is 16.4. The monoisotopic (exact) mass is 533 g/mol. The van der Waals surface area contributed by atoms with E-state index < -0.39 is 12.0 Å². The molecule has 1 aromatic carbocycles. The minimum absolute atomic E-state index is 0.260. The van der Waals surface area contributed by atoms with Gasteiger partial charge in [0.1, 0.15) is 6.04 Å². The summed E-state index contributed by atoms with van der Waals surface area (Å²) in [7, 11) is 0. The maximum atomic E-state index is 12.3. The van der Waals surface area contributed by atoms with Gasteiger partial charge in [-0.3, -0.25) is 4.79 Å². The summed E-state index contributed by atoms with van der Waals surface area (Å²) in [5.41, 5.74) is 1.40. The SMILES string of the molecule is CCCN(c1ncccn1)C1CCN(CC2CC(NC(C(=O)O)C3CCCCC3)CC2c2ccccc2)CC1. The van der Waals surface area contributed by atoms with Gasteiger partial charge in [-0.2, -0.15) is 0 Å². The molecule has 1 saturated heterocycles. The Kier molecular flexibility index (Phi) is 9.86. The van der Waals surface area contributed by atoms with Crippen LogP contribution in [-0.2, 0) is 4.79 Å². The number of likely N-dealkylation sites (tertiary alicyclic amines) is 1. The van der Waals surface area contributed by atoms with Gasteiger partial charge in [0.05, 0.1) is 0 Å². The number of anilines is 1. The molecule has 7 heteroatoms. The van der Waals surface area contributed by atoms with Crippen LogP contribution in [0, 0.1) is 11.8 Å². The van der Waals surface area contributed by atoms with E-state index in [1.807, 2.05) is 18.5 Å². The van der Waals surface area contributed by atoms with Crippen molar-refractivity contribution >= 4 is 11.9 Å². The van der Waals surface area contributed by atoms with Crippen LogP contribution < -0.4 is 10.2 Å². The van der Waals surface area contributed by atoms with Gasteiger partial charge < -0.3 is 20.2 Å². The molecule has 1 aliphatic heterocycles. The van der Waals surface area contributed by atoms with E-state index in [1.165, 1.54) is 12.0 Å². The molecular weight excluding hydrogens is 486 g/mol. The number of piperidine rings is 1. The van der Waals surface area contributed by atoms with E-state index in [4.69, 9.17) is 0 Å². The number of hydrogen-bond acceptors (Lipinski definition) is 6. The lowest BCUT2D eigenvalue weighted by Gasteiger charge is -2.39. The minimum Gasteiger partial charge on any atom is -0.480 e. The fourth-order valence-electron chi connectivity index (χ4n) is 7.57. The highest BCUT2D eigenvalue weighted by Gasteiger charge is 2.40. The molecule has 1 aromatic heterocycles. The molecule has 0 bridgehead atoms. The first kappa shape index (κ1) is 28.0. The molecule has 39 heavy (non-hydrogen) atoms. The summed E-state index contributed by atoms with van der Waals surface area (Å²) in [6.45, 7) is 6.48. The molecule has 3 aliphatic rings. The first-order chi connectivity index (χ1) is 19.1. The second-order valence-corrected chi connectivity index (χ2v) is 12.1. The van der Waals surface area contributed by atoms with Crippen molar-refractivity contribution in [2.75, 3.05) is 31.1 Å². The molecule has 212 valence electrons. The number of aromatic nitrogens is 2. The van der Waals surface area contributed by atoms with Gasteiger partial charge in [-0.1, -0.05) is 56.5 Å². The Morgan fingerprint density at radius 3 is 2.41 bits per heavy atom. The summed E-state index contributed by atoms with van der Waals surface area (Å²) in [5.74, 6) is 1.47. The molecule has 7 nitrogen and oxygen atoms in total. The van der Waals surface area contributed by atoms with Gasteiger partial charge in [0.2, 0.25) is 5.95 Å². The van der Waals surface area contributed by atoms with E-state index in [-0.39, 0.29) is 12.0 Å². The van der Waals surface area contributed by atoms with E-state index in [0.29, 0.717) is 17.9 Å². The number of aliphatic carboxylic acids is 1. The van der Waals surface area contributed by atoms with Crippen molar-refractivity contribution in [3.05, 3.63) is 54.4 Å². The second kappa shape index (κ2) is 13.7. The Bertz CT molecular complexity index is 1010. The average molecular weight is 534 g/mol. The minimum atomic E-state index is -0.664. The number of carboxylic acid groups (broad SMARTS) is 1. The van der Waals surface area contributed by atoms with Crippen LogP contribution >= 0.6 is 0 Å². The topological polar surface area (TPSA) is 81.6 Å². The quantitative estimate of drug-likeness (QED) is 0.403. The lowest BCUT2D eigenvalue weighted by molar-refractivity contribution is -0.141. The summed E-state index contributed by atoms with van der Waals surface area (Å²) in [6, 6.07) is 13.1. The van der Waals surface area contributed by atoms with Crippen LogP contribution in [-0.4, -0.2) is 70.2 Å². The number of carboxylic acids is 1. The molecule has 0 amide bonds. The fourth-order valence-corrected chi connectivity index (χ4v) is 7.57. The smallest absolute Gasteiger partial charge is 0.320 e. The molecular formula is C32H47N5O2. The summed E-state index contributed by atoms with van der Waals surface area (Å²) < 4.78 is 0. The molecule has 0 spiro atoms. The number of benzene rings is 1. The molecule has 2 aromatic rings. The zero-order valence-electron chi connectivity index (χ0n) is 23.6. The highest BCUT2D eigenvalue weighted by Crippen LogP contribution is 2.41. The first-order valence-electron chi connectivity index (χ1n) is 15.4. The van der Waals surface area contributed by atoms with E-state index >= 15 is 0 Å². The second-order valence-electron chi connectivity index (χ2n) is 12.1. The zero-order chi connectivity index (χ0) is 27.0. The standard InChI is InChI=1S/C32H47N5O2/c1-2-18-37(32-33-16-9-17-34-32)28-14-19-36(20-15-28)23-26-21-27(22-29(26)24-10-5-3-6-11-24)35-30(31(38)39)25-12-7-4-8-13-25/h3,5-6,9-11,16-17,25-30,35H,2,4,7-8,12-15,18-23H2,1H3,(H,38,39). The Balaban J connectivity index is 1.22. The predicted octanol–water partition coefficient (Wildman–Crippen LogP) is 5.34. The van der Waals surface area contributed by atoms with Crippen LogP contribution in [0.25, 0.3) is 0 Å². The van der Waals surface area contributed by atoms with E-state index in [0.717, 1.165) is 89.9 Å². The summed E-state index contributed by atoms with van der Waals surface area (Å²) in [6.07, 6.45) is 14.8. The van der Waals surface area contributed by atoms with Crippen molar-refractivity contribution < 1.29 is 9.90 Å². The first-order valence-corrected chi connectivity index (χ1v) is 15.4. The van der Waals surface area contributed by atoms with Crippen LogP contribution in [0.5, 0.6) is 0 Å². The van der Waals surface area contributed by atoms with Crippen molar-refractivity contribution in [3.63, 3.8) is 0 Å². The Hall–Kier alpha value is -2.51. The largest absolute Gasteiger partial charge is 0.480 e. The molecule has 2 heterocycles. The van der Waals surface area contributed by atoms with E-state index in [1.54, 1.807) is 0 Å². The molecule has 5 rings (SSSR count). The molecule has 4 unspecified atom stereocenters. The Morgan fingerprint density at radius 2 is 1.74 bits per heavy atom. The zero-order valence-corrected chi connectivity index (χ0v) is 23.6. The van der Waals surface area contributed by atoms with Crippen molar-refractivity contribution in [2.45, 2.75) is 95.2 Å². The third kappa shape index (κ3) is 7.17. The van der Waals surface area contributed by atoms with Crippen LogP contribution in [0.15, 0.2) is 48.8 Å². The maximum Gasteiger partial charge on any atom is 0.320 e. The van der Waals surface area contributed by atoms with Crippen LogP contribution in [0.1, 0.15) is 82.6 Å². The highest BCUT2D eigenvalue weighted by molar-refractivity contribution is 5.74. The number of hydrogen-bond donors (Lipinski definition) is 2. The average Bonchev–Trinajstić information content (AvgIpc) is 3.38. The molecule has 3 fully saturated rings. The van der Waals surface area contributed by atoms with Crippen LogP contribution in [0.3, 0.4) is 0 Å². The molecule has 2 aliphatic carbocycles. The number of nitrogens with one attached hydrogen (secondary N) is 1.